The molecule has 0 saturated carbocycles. The molecule has 2 aromatic carbocycles. The molecule has 0 atom stereocenters. The molecule has 0 radical (unpaired) electrons. The van der Waals surface area contributed by atoms with E-state index in [1.165, 1.54) is 12.1 Å². The topological polar surface area (TPSA) is 26.3 Å². The van der Waals surface area contributed by atoms with Crippen molar-refractivity contribution < 1.29 is 22.7 Å². The van der Waals surface area contributed by atoms with Crippen LogP contribution in [0.2, 0.25) is 0 Å². The molecule has 0 spiro atoms. The third-order valence-electron chi connectivity index (χ3n) is 3.00. The zero-order chi connectivity index (χ0) is 15.5. The third kappa shape index (κ3) is 4.34. The Hall–Kier alpha value is -2.30. The van der Waals surface area contributed by atoms with Gasteiger partial charge in [0.1, 0.15) is 5.75 Å². The van der Waals surface area contributed by atoms with Crippen molar-refractivity contribution in [3.8, 4) is 5.75 Å². The van der Waals surface area contributed by atoms with Crippen molar-refractivity contribution in [2.24, 2.45) is 0 Å². The van der Waals surface area contributed by atoms with Gasteiger partial charge in [-0.05, 0) is 30.2 Å². The van der Waals surface area contributed by atoms with Gasteiger partial charge in [0, 0.05) is 12.0 Å². The lowest BCUT2D eigenvalue weighted by atomic mass is 9.99. The Labute approximate surface area is 120 Å². The standard InChI is InChI=1S/C16H13F3O2/c1-11-5-2-3-6-12(11)10-15(20)13-7-4-8-14(9-13)21-16(17,18)19/h2-9H,10H2,1H3. The van der Waals surface area contributed by atoms with Crippen LogP contribution < -0.4 is 4.74 Å². The minimum absolute atomic E-state index is 0.141. The smallest absolute Gasteiger partial charge is 0.406 e. The molecule has 0 heterocycles. The van der Waals surface area contributed by atoms with Crippen LogP contribution in [0.25, 0.3) is 0 Å². The Morgan fingerprint density at radius 1 is 1.10 bits per heavy atom. The monoisotopic (exact) mass is 294 g/mol. The number of aryl methyl sites for hydroxylation is 1. The maximum atomic E-state index is 12.2. The summed E-state index contributed by atoms with van der Waals surface area (Å²) in [5, 5.41) is 0. The minimum Gasteiger partial charge on any atom is -0.406 e. The Balaban J connectivity index is 2.16. The van der Waals surface area contributed by atoms with Crippen LogP contribution in [0.5, 0.6) is 5.75 Å². The fourth-order valence-corrected chi connectivity index (χ4v) is 1.95. The number of halogens is 3. The molecule has 0 saturated heterocycles. The number of ketones is 1. The maximum absolute atomic E-state index is 12.2. The van der Waals surface area contributed by atoms with E-state index in [-0.39, 0.29) is 17.8 Å². The van der Waals surface area contributed by atoms with Crippen molar-refractivity contribution in [3.63, 3.8) is 0 Å². The number of alkyl halides is 3. The summed E-state index contributed by atoms with van der Waals surface area (Å²) in [7, 11) is 0. The van der Waals surface area contributed by atoms with Crippen LogP contribution in [-0.4, -0.2) is 12.1 Å². The van der Waals surface area contributed by atoms with E-state index in [0.29, 0.717) is 0 Å². The van der Waals surface area contributed by atoms with E-state index in [0.717, 1.165) is 23.3 Å². The third-order valence-corrected chi connectivity index (χ3v) is 3.00. The highest BCUT2D eigenvalue weighted by Crippen LogP contribution is 2.24. The molecule has 0 aliphatic carbocycles. The zero-order valence-electron chi connectivity index (χ0n) is 11.3. The number of ether oxygens (including phenoxy) is 1. The second kappa shape index (κ2) is 5.99. The summed E-state index contributed by atoms with van der Waals surface area (Å²) >= 11 is 0. The lowest BCUT2D eigenvalue weighted by Gasteiger charge is -2.10. The van der Waals surface area contributed by atoms with Gasteiger partial charge in [-0.2, -0.15) is 0 Å². The average molecular weight is 294 g/mol. The minimum atomic E-state index is -4.77. The first-order valence-electron chi connectivity index (χ1n) is 6.29. The van der Waals surface area contributed by atoms with Gasteiger partial charge in [-0.1, -0.05) is 36.4 Å². The highest BCUT2D eigenvalue weighted by molar-refractivity contribution is 5.98. The predicted octanol–water partition coefficient (Wildman–Crippen LogP) is 4.32. The summed E-state index contributed by atoms with van der Waals surface area (Å²) in [6.45, 7) is 1.88. The number of rotatable bonds is 4. The van der Waals surface area contributed by atoms with Crippen molar-refractivity contribution in [1.29, 1.82) is 0 Å². The first-order chi connectivity index (χ1) is 9.85. The van der Waals surface area contributed by atoms with E-state index in [1.54, 1.807) is 0 Å². The van der Waals surface area contributed by atoms with E-state index >= 15 is 0 Å². The zero-order valence-corrected chi connectivity index (χ0v) is 11.3. The second-order valence-corrected chi connectivity index (χ2v) is 4.60. The van der Waals surface area contributed by atoms with Crippen molar-refractivity contribution in [2.75, 3.05) is 0 Å². The van der Waals surface area contributed by atoms with Gasteiger partial charge >= 0.3 is 6.36 Å². The molecule has 21 heavy (non-hydrogen) atoms. The van der Waals surface area contributed by atoms with E-state index in [1.807, 2.05) is 31.2 Å². The van der Waals surface area contributed by atoms with Gasteiger partial charge in [0.05, 0.1) is 0 Å². The molecule has 0 aliphatic rings. The van der Waals surface area contributed by atoms with Crippen LogP contribution in [0.4, 0.5) is 13.2 Å². The fraction of sp³-hybridized carbons (Fsp3) is 0.188. The molecule has 5 heteroatoms. The van der Waals surface area contributed by atoms with Crippen molar-refractivity contribution >= 4 is 5.78 Å². The van der Waals surface area contributed by atoms with Crippen LogP contribution >= 0.6 is 0 Å². The van der Waals surface area contributed by atoms with Crippen LogP contribution in [0.3, 0.4) is 0 Å². The molecule has 0 fully saturated rings. The second-order valence-electron chi connectivity index (χ2n) is 4.60. The number of hydrogen-bond acceptors (Lipinski definition) is 2. The van der Waals surface area contributed by atoms with E-state index < -0.39 is 12.1 Å². The van der Waals surface area contributed by atoms with Crippen LogP contribution in [0.1, 0.15) is 21.5 Å². The molecule has 0 aromatic heterocycles. The molecular weight excluding hydrogens is 281 g/mol. The summed E-state index contributed by atoms with van der Waals surface area (Å²) in [6, 6.07) is 12.5. The molecule has 2 rings (SSSR count). The molecule has 110 valence electrons. The molecule has 2 nitrogen and oxygen atoms in total. The van der Waals surface area contributed by atoms with Gasteiger partial charge in [0.2, 0.25) is 0 Å². The lowest BCUT2D eigenvalue weighted by Crippen LogP contribution is -2.17. The molecule has 0 unspecified atom stereocenters. The van der Waals surface area contributed by atoms with E-state index in [2.05, 4.69) is 4.74 Å². The Morgan fingerprint density at radius 2 is 1.81 bits per heavy atom. The summed E-state index contributed by atoms with van der Waals surface area (Å²) in [4.78, 5) is 12.1. The average Bonchev–Trinajstić information content (AvgIpc) is 2.39. The molecule has 0 bridgehead atoms. The van der Waals surface area contributed by atoms with Crippen molar-refractivity contribution in [2.45, 2.75) is 19.7 Å². The Bertz CT molecular complexity index is 648. The molecule has 2 aromatic rings. The highest BCUT2D eigenvalue weighted by atomic mass is 19.4. The number of carbonyl (C=O) groups is 1. The van der Waals surface area contributed by atoms with Crippen molar-refractivity contribution in [1.82, 2.24) is 0 Å². The van der Waals surface area contributed by atoms with Gasteiger partial charge in [0.25, 0.3) is 0 Å². The van der Waals surface area contributed by atoms with Crippen LogP contribution in [0, 0.1) is 6.92 Å². The Kier molecular flexibility index (Phi) is 4.31. The first kappa shape index (κ1) is 15.1. The summed E-state index contributed by atoms with van der Waals surface area (Å²) in [5.74, 6) is -0.643. The summed E-state index contributed by atoms with van der Waals surface area (Å²) in [5.41, 5.74) is 2.01. The molecular formula is C16H13F3O2. The van der Waals surface area contributed by atoms with Crippen LogP contribution in [0.15, 0.2) is 48.5 Å². The normalized spacial score (nSPS) is 11.2. The largest absolute Gasteiger partial charge is 0.573 e. The first-order valence-corrected chi connectivity index (χ1v) is 6.29. The molecule has 0 aliphatic heterocycles. The number of hydrogen-bond donors (Lipinski definition) is 0. The van der Waals surface area contributed by atoms with Crippen molar-refractivity contribution in [3.05, 3.63) is 65.2 Å². The SMILES string of the molecule is Cc1ccccc1CC(=O)c1cccc(OC(F)(F)F)c1. The van der Waals surface area contributed by atoms with Gasteiger partial charge in [-0.15, -0.1) is 13.2 Å². The predicted molar refractivity (Wildman–Crippen MR) is 72.3 cm³/mol. The van der Waals surface area contributed by atoms with E-state index in [9.17, 15) is 18.0 Å². The number of carbonyl (C=O) groups excluding carboxylic acids is 1. The maximum Gasteiger partial charge on any atom is 0.573 e. The number of Topliss-reactive ketones (excluding diaryl/α,β-unsaturated/α-hetero) is 1. The molecule has 0 N–H and O–H groups in total. The van der Waals surface area contributed by atoms with Gasteiger partial charge in [-0.25, -0.2) is 0 Å². The number of benzene rings is 2. The van der Waals surface area contributed by atoms with Gasteiger partial charge in [0.15, 0.2) is 5.78 Å². The molecule has 0 amide bonds. The quantitative estimate of drug-likeness (QED) is 0.785. The van der Waals surface area contributed by atoms with Crippen LogP contribution in [-0.2, 0) is 6.42 Å². The van der Waals surface area contributed by atoms with E-state index in [4.69, 9.17) is 0 Å². The summed E-state index contributed by atoms with van der Waals surface area (Å²) in [6.07, 6.45) is -4.63. The Morgan fingerprint density at radius 3 is 2.48 bits per heavy atom. The van der Waals surface area contributed by atoms with Gasteiger partial charge < -0.3 is 4.74 Å². The lowest BCUT2D eigenvalue weighted by molar-refractivity contribution is -0.274. The van der Waals surface area contributed by atoms with Gasteiger partial charge in [-0.3, -0.25) is 4.79 Å². The fourth-order valence-electron chi connectivity index (χ4n) is 1.95. The highest BCUT2D eigenvalue weighted by Gasteiger charge is 2.31. The summed E-state index contributed by atoms with van der Waals surface area (Å²) < 4.78 is 40.3.